The highest BCUT2D eigenvalue weighted by Crippen LogP contribution is 2.20. The van der Waals surface area contributed by atoms with Crippen LogP contribution in [-0.2, 0) is 4.79 Å². The van der Waals surface area contributed by atoms with Gasteiger partial charge < -0.3 is 9.73 Å². The summed E-state index contributed by atoms with van der Waals surface area (Å²) in [5.74, 6) is -1.77. The maximum Gasteiger partial charge on any atom is 0.433 e. The number of hydrogen-bond donors (Lipinski definition) is 3. The van der Waals surface area contributed by atoms with Crippen molar-refractivity contribution in [2.45, 2.75) is 6.04 Å². The number of aromatic amines is 1. The smallest absolute Gasteiger partial charge is 0.400 e. The number of aromatic nitrogens is 2. The fourth-order valence-electron chi connectivity index (χ4n) is 3.15. The van der Waals surface area contributed by atoms with E-state index in [0.717, 1.165) is 12.3 Å². The van der Waals surface area contributed by atoms with E-state index in [0.29, 0.717) is 10.9 Å². The first-order valence-electron chi connectivity index (χ1n) is 9.84. The molecule has 2 amide bonds. The number of nitro groups is 1. The summed E-state index contributed by atoms with van der Waals surface area (Å²) in [6.07, 6.45) is 1.07. The van der Waals surface area contributed by atoms with E-state index in [-0.39, 0.29) is 16.8 Å². The zero-order chi connectivity index (χ0) is 24.1. The second-order valence-corrected chi connectivity index (χ2v) is 6.92. The van der Waals surface area contributed by atoms with Gasteiger partial charge in [0.1, 0.15) is 10.6 Å². The Morgan fingerprint density at radius 2 is 1.76 bits per heavy atom. The van der Waals surface area contributed by atoms with Gasteiger partial charge in [-0.3, -0.25) is 24.5 Å². The average molecular weight is 460 g/mol. The molecule has 1 atom stereocenters. The molecule has 0 radical (unpaired) electrons. The summed E-state index contributed by atoms with van der Waals surface area (Å²) in [5.41, 5.74) is 2.21. The third-order valence-electron chi connectivity index (χ3n) is 4.73. The lowest BCUT2D eigenvalue weighted by atomic mass is 10.0. The van der Waals surface area contributed by atoms with Crippen molar-refractivity contribution in [3.63, 3.8) is 0 Å². The molecule has 170 valence electrons. The minimum atomic E-state index is -1.34. The van der Waals surface area contributed by atoms with Crippen molar-refractivity contribution in [3.8, 4) is 0 Å². The van der Waals surface area contributed by atoms with Crippen LogP contribution in [0.1, 0.15) is 27.9 Å². The van der Waals surface area contributed by atoms with Crippen LogP contribution in [-0.4, -0.2) is 33.1 Å². The van der Waals surface area contributed by atoms with Gasteiger partial charge in [0, 0.05) is 10.9 Å². The molecule has 0 bridgehead atoms. The molecule has 4 rings (SSSR count). The molecule has 2 aromatic carbocycles. The number of carbonyl (C=O) groups excluding carboxylic acids is 2. The maximum absolute atomic E-state index is 13.0. The summed E-state index contributed by atoms with van der Waals surface area (Å²) in [4.78, 5) is 48.0. The second-order valence-electron chi connectivity index (χ2n) is 6.92. The van der Waals surface area contributed by atoms with E-state index in [1.165, 1.54) is 6.07 Å². The Morgan fingerprint density at radius 3 is 2.47 bits per heavy atom. The number of hydrazone groups is 1. The van der Waals surface area contributed by atoms with E-state index >= 15 is 0 Å². The molecule has 3 N–H and O–H groups in total. The lowest BCUT2D eigenvalue weighted by molar-refractivity contribution is -0.402. The normalized spacial score (nSPS) is 11.9. The van der Waals surface area contributed by atoms with Gasteiger partial charge in [-0.1, -0.05) is 36.4 Å². The van der Waals surface area contributed by atoms with Crippen molar-refractivity contribution in [1.82, 2.24) is 20.9 Å². The van der Waals surface area contributed by atoms with E-state index in [2.05, 4.69) is 26.0 Å². The topological polar surface area (TPSA) is 173 Å². The van der Waals surface area contributed by atoms with Gasteiger partial charge in [-0.25, -0.2) is 10.5 Å². The van der Waals surface area contributed by atoms with Crippen LogP contribution in [0.15, 0.2) is 81.0 Å². The number of nitrogens with one attached hydrogen (secondary N) is 3. The average Bonchev–Trinajstić information content (AvgIpc) is 3.33. The van der Waals surface area contributed by atoms with Crippen LogP contribution in [0.2, 0.25) is 0 Å². The third kappa shape index (κ3) is 4.70. The number of fused-ring (bicyclic) bond motifs is 1. The monoisotopic (exact) mass is 460 g/mol. The maximum atomic E-state index is 13.0. The molecule has 0 saturated heterocycles. The van der Waals surface area contributed by atoms with Crippen LogP contribution in [0.3, 0.4) is 0 Å². The Bertz CT molecular complexity index is 1460. The molecule has 12 nitrogen and oxygen atoms in total. The summed E-state index contributed by atoms with van der Waals surface area (Å²) in [5, 5.41) is 24.1. The number of rotatable bonds is 7. The second kappa shape index (κ2) is 9.56. The summed E-state index contributed by atoms with van der Waals surface area (Å²) in [6.45, 7) is 0. The number of nitrogens with zero attached hydrogens (tertiary/aromatic N) is 3. The van der Waals surface area contributed by atoms with Gasteiger partial charge in [-0.05, 0) is 24.3 Å². The summed E-state index contributed by atoms with van der Waals surface area (Å²) in [6, 6.07) is 15.8. The van der Waals surface area contributed by atoms with Crippen LogP contribution >= 0.6 is 0 Å². The van der Waals surface area contributed by atoms with E-state index in [9.17, 15) is 24.5 Å². The lowest BCUT2D eigenvalue weighted by Crippen LogP contribution is -2.40. The first-order chi connectivity index (χ1) is 16.4. The standard InChI is InChI=1S/C22H16N6O6/c29-20(13-6-2-1-3-7-13)24-19(18-15-8-4-5-9-16(15)21(30)27-25-18)22(31)26-23-12-14-10-11-17(34-14)28(32)33/h1-12,19H,(H,24,29)(H,26,31)(H,27,30)/b23-12-/t19-/m1/s1. The Balaban J connectivity index is 1.65. The molecule has 2 aromatic heterocycles. The number of benzene rings is 2. The van der Waals surface area contributed by atoms with Gasteiger partial charge >= 0.3 is 5.88 Å². The minimum absolute atomic E-state index is 0.0319. The fraction of sp³-hybridized carbons (Fsp3) is 0.0455. The van der Waals surface area contributed by atoms with Crippen LogP contribution in [0.25, 0.3) is 10.8 Å². The van der Waals surface area contributed by atoms with Gasteiger partial charge in [0.05, 0.1) is 17.7 Å². The molecular formula is C22H16N6O6. The molecule has 34 heavy (non-hydrogen) atoms. The summed E-state index contributed by atoms with van der Waals surface area (Å²) >= 11 is 0. The Hall–Kier alpha value is -5.13. The van der Waals surface area contributed by atoms with Gasteiger partial charge in [0.2, 0.25) is 0 Å². The van der Waals surface area contributed by atoms with Crippen LogP contribution in [0.5, 0.6) is 0 Å². The zero-order valence-corrected chi connectivity index (χ0v) is 17.3. The predicted octanol–water partition coefficient (Wildman–Crippen LogP) is 2.05. The zero-order valence-electron chi connectivity index (χ0n) is 17.3. The highest BCUT2D eigenvalue weighted by Gasteiger charge is 2.27. The summed E-state index contributed by atoms with van der Waals surface area (Å²) in [7, 11) is 0. The number of carbonyl (C=O) groups is 2. The van der Waals surface area contributed by atoms with E-state index in [1.807, 2.05) is 0 Å². The molecule has 0 aliphatic carbocycles. The molecule has 0 spiro atoms. The lowest BCUT2D eigenvalue weighted by Gasteiger charge is -2.18. The number of H-pyrrole nitrogens is 1. The molecule has 0 unspecified atom stereocenters. The third-order valence-corrected chi connectivity index (χ3v) is 4.73. The van der Waals surface area contributed by atoms with Gasteiger partial charge in [-0.15, -0.1) is 0 Å². The number of hydrogen-bond acceptors (Lipinski definition) is 8. The van der Waals surface area contributed by atoms with Crippen molar-refractivity contribution in [3.05, 3.63) is 104 Å². The van der Waals surface area contributed by atoms with Gasteiger partial charge in [-0.2, -0.15) is 10.2 Å². The van der Waals surface area contributed by atoms with Crippen molar-refractivity contribution in [2.24, 2.45) is 5.10 Å². The first-order valence-corrected chi connectivity index (χ1v) is 9.84. The fourth-order valence-corrected chi connectivity index (χ4v) is 3.15. The van der Waals surface area contributed by atoms with Crippen molar-refractivity contribution in [2.75, 3.05) is 0 Å². The molecule has 0 fully saturated rings. The van der Waals surface area contributed by atoms with E-state index < -0.39 is 34.2 Å². The molecule has 2 heterocycles. The van der Waals surface area contributed by atoms with Crippen molar-refractivity contribution < 1.29 is 18.9 Å². The number of amides is 2. The van der Waals surface area contributed by atoms with Crippen LogP contribution in [0, 0.1) is 10.1 Å². The highest BCUT2D eigenvalue weighted by molar-refractivity contribution is 5.99. The molecule has 0 aliphatic rings. The van der Waals surface area contributed by atoms with E-state index in [1.54, 1.807) is 54.6 Å². The van der Waals surface area contributed by atoms with Crippen molar-refractivity contribution >= 4 is 34.7 Å². The van der Waals surface area contributed by atoms with Crippen molar-refractivity contribution in [1.29, 1.82) is 0 Å². The van der Waals surface area contributed by atoms with Gasteiger partial charge in [0.25, 0.3) is 17.4 Å². The largest absolute Gasteiger partial charge is 0.433 e. The number of furan rings is 1. The van der Waals surface area contributed by atoms with E-state index in [4.69, 9.17) is 4.42 Å². The highest BCUT2D eigenvalue weighted by atomic mass is 16.6. The molecule has 0 saturated carbocycles. The molecule has 4 aromatic rings. The first kappa shape index (κ1) is 22.1. The Morgan fingerprint density at radius 1 is 1.06 bits per heavy atom. The van der Waals surface area contributed by atoms with Gasteiger partial charge in [0.15, 0.2) is 11.8 Å². The van der Waals surface area contributed by atoms with Crippen LogP contribution < -0.4 is 16.3 Å². The quantitative estimate of drug-likeness (QED) is 0.215. The SMILES string of the molecule is O=C(N[C@@H](C(=O)N/N=C\c1ccc([N+](=O)[O-])o1)c1n[nH]c(=O)c2ccccc12)c1ccccc1. The molecule has 12 heteroatoms. The Kier molecular flexibility index (Phi) is 6.21. The minimum Gasteiger partial charge on any atom is -0.400 e. The summed E-state index contributed by atoms with van der Waals surface area (Å²) < 4.78 is 4.94. The van der Waals surface area contributed by atoms with Crippen LogP contribution in [0.4, 0.5) is 5.88 Å². The Labute approximate surface area is 190 Å². The predicted molar refractivity (Wildman–Crippen MR) is 120 cm³/mol. The molecular weight excluding hydrogens is 444 g/mol. The molecule has 0 aliphatic heterocycles.